The number of hydrogen-bond donors (Lipinski definition) is 3. The van der Waals surface area contributed by atoms with Crippen molar-refractivity contribution in [2.75, 3.05) is 11.3 Å². The number of benzene rings is 2. The van der Waals surface area contributed by atoms with Gasteiger partial charge in [-0.05, 0) is 55.8 Å². The predicted octanol–water partition coefficient (Wildman–Crippen LogP) is 1.72. The molecule has 0 bridgehead atoms. The Morgan fingerprint density at radius 2 is 1.58 bits per heavy atom. The summed E-state index contributed by atoms with van der Waals surface area (Å²) in [6.45, 7) is 3.98. The minimum Gasteiger partial charge on any atom is -0.494 e. The highest BCUT2D eigenvalue weighted by atomic mass is 32.2. The molecule has 0 spiro atoms. The van der Waals surface area contributed by atoms with Crippen molar-refractivity contribution >= 4 is 26.7 Å². The Bertz CT molecular complexity index is 1180. The van der Waals surface area contributed by atoms with Gasteiger partial charge in [0.2, 0.25) is 0 Å². The van der Waals surface area contributed by atoms with Crippen molar-refractivity contribution in [1.82, 2.24) is 9.97 Å². The van der Waals surface area contributed by atoms with Gasteiger partial charge < -0.3 is 14.7 Å². The third kappa shape index (κ3) is 3.47. The molecule has 0 fully saturated rings. The highest BCUT2D eigenvalue weighted by Gasteiger charge is 2.18. The molecule has 0 aliphatic heterocycles. The molecule has 0 amide bonds. The second kappa shape index (κ2) is 6.68. The van der Waals surface area contributed by atoms with E-state index < -0.39 is 21.1 Å². The summed E-state index contributed by atoms with van der Waals surface area (Å²) >= 11 is 0. The number of aryl methyl sites for hydroxylation is 1. The summed E-state index contributed by atoms with van der Waals surface area (Å²) in [5.41, 5.74) is -0.245. The lowest BCUT2D eigenvalue weighted by molar-refractivity contribution is 0.340. The summed E-state index contributed by atoms with van der Waals surface area (Å²) in [7, 11) is -3.89. The van der Waals surface area contributed by atoms with Gasteiger partial charge in [-0.25, -0.2) is 8.42 Å². The Morgan fingerprint density at radius 3 is 2.15 bits per heavy atom. The number of aromatic amines is 2. The fourth-order valence-corrected chi connectivity index (χ4v) is 3.85. The first-order chi connectivity index (χ1) is 12.3. The van der Waals surface area contributed by atoms with E-state index in [4.69, 9.17) is 4.74 Å². The Labute approximate surface area is 148 Å². The first kappa shape index (κ1) is 17.7. The fraction of sp³-hybridized carbons (Fsp3) is 0.176. The van der Waals surface area contributed by atoms with Gasteiger partial charge in [-0.3, -0.25) is 14.3 Å². The fourth-order valence-electron chi connectivity index (χ4n) is 2.54. The van der Waals surface area contributed by atoms with Gasteiger partial charge in [0.05, 0.1) is 22.5 Å². The van der Waals surface area contributed by atoms with Crippen LogP contribution in [0.25, 0.3) is 11.0 Å². The number of aromatic nitrogens is 2. The summed E-state index contributed by atoms with van der Waals surface area (Å²) in [6, 6.07) is 9.34. The van der Waals surface area contributed by atoms with Gasteiger partial charge in [-0.1, -0.05) is 0 Å². The maximum Gasteiger partial charge on any atom is 0.314 e. The number of ether oxygens (including phenoxy) is 1. The van der Waals surface area contributed by atoms with Gasteiger partial charge in [-0.2, -0.15) is 0 Å². The third-order valence-corrected chi connectivity index (χ3v) is 5.25. The van der Waals surface area contributed by atoms with Crippen LogP contribution in [0.2, 0.25) is 0 Å². The zero-order chi connectivity index (χ0) is 18.9. The summed E-state index contributed by atoms with van der Waals surface area (Å²) in [5, 5.41) is 0. The average molecular weight is 375 g/mol. The molecule has 2 aromatic carbocycles. The molecule has 0 unspecified atom stereocenters. The number of nitrogens with one attached hydrogen (secondary N) is 3. The molecular formula is C17H17N3O5S. The number of H-pyrrole nitrogens is 2. The first-order valence-electron chi connectivity index (χ1n) is 7.83. The molecule has 1 heterocycles. The molecule has 0 atom stereocenters. The summed E-state index contributed by atoms with van der Waals surface area (Å²) in [6.07, 6.45) is 0. The SMILES string of the molecule is CCOc1ccc(NS(=O)(=O)c2cc3[nH]c(=O)c(=O)[nH]c3cc2C)cc1. The van der Waals surface area contributed by atoms with Crippen molar-refractivity contribution in [3.63, 3.8) is 0 Å². The van der Waals surface area contributed by atoms with Crippen LogP contribution >= 0.6 is 0 Å². The molecule has 0 aliphatic carbocycles. The lowest BCUT2D eigenvalue weighted by Gasteiger charge is -2.12. The van der Waals surface area contributed by atoms with Crippen LogP contribution in [0.5, 0.6) is 5.75 Å². The van der Waals surface area contributed by atoms with Crippen LogP contribution in [0.15, 0.2) is 50.9 Å². The lowest BCUT2D eigenvalue weighted by Crippen LogP contribution is -2.29. The van der Waals surface area contributed by atoms with Crippen molar-refractivity contribution in [2.24, 2.45) is 0 Å². The number of anilines is 1. The van der Waals surface area contributed by atoms with Gasteiger partial charge in [0.1, 0.15) is 5.75 Å². The Balaban J connectivity index is 2.00. The largest absolute Gasteiger partial charge is 0.494 e. The van der Waals surface area contributed by atoms with E-state index in [0.717, 1.165) is 0 Å². The van der Waals surface area contributed by atoms with E-state index in [1.54, 1.807) is 31.2 Å². The molecule has 26 heavy (non-hydrogen) atoms. The second-order valence-corrected chi connectivity index (χ2v) is 7.29. The zero-order valence-corrected chi connectivity index (χ0v) is 14.9. The van der Waals surface area contributed by atoms with E-state index in [9.17, 15) is 18.0 Å². The first-order valence-corrected chi connectivity index (χ1v) is 9.31. The summed E-state index contributed by atoms with van der Waals surface area (Å²) in [5.74, 6) is 0.638. The minimum atomic E-state index is -3.89. The maximum atomic E-state index is 12.7. The Kier molecular flexibility index (Phi) is 4.56. The number of fused-ring (bicyclic) bond motifs is 1. The van der Waals surface area contributed by atoms with Gasteiger partial charge in [0.15, 0.2) is 0 Å². The molecule has 0 aliphatic rings. The van der Waals surface area contributed by atoms with Gasteiger partial charge in [-0.15, -0.1) is 0 Å². The van der Waals surface area contributed by atoms with E-state index in [2.05, 4.69) is 14.7 Å². The van der Waals surface area contributed by atoms with E-state index >= 15 is 0 Å². The molecule has 0 radical (unpaired) electrons. The van der Waals surface area contributed by atoms with Gasteiger partial charge in [0.25, 0.3) is 10.0 Å². The molecule has 3 rings (SSSR count). The standard InChI is InChI=1S/C17H17N3O5S/c1-3-25-12-6-4-11(5-7-12)20-26(23,24)15-9-14-13(8-10(15)2)18-16(21)17(22)19-14/h4-9,20H,3H2,1-2H3,(H,18,21)(H,19,22). The van der Waals surface area contributed by atoms with E-state index in [-0.39, 0.29) is 10.4 Å². The van der Waals surface area contributed by atoms with Crippen molar-refractivity contribution in [1.29, 1.82) is 0 Å². The van der Waals surface area contributed by atoms with E-state index in [0.29, 0.717) is 29.1 Å². The van der Waals surface area contributed by atoms with Crippen molar-refractivity contribution in [3.8, 4) is 5.75 Å². The number of hydrogen-bond acceptors (Lipinski definition) is 5. The van der Waals surface area contributed by atoms with Crippen LogP contribution in [0, 0.1) is 6.92 Å². The van der Waals surface area contributed by atoms with Crippen LogP contribution in [0.1, 0.15) is 12.5 Å². The minimum absolute atomic E-state index is 0.00147. The predicted molar refractivity (Wildman–Crippen MR) is 98.3 cm³/mol. The quantitative estimate of drug-likeness (QED) is 0.586. The Morgan fingerprint density at radius 1 is 1.00 bits per heavy atom. The van der Waals surface area contributed by atoms with Crippen molar-refractivity contribution in [3.05, 3.63) is 62.7 Å². The highest BCUT2D eigenvalue weighted by Crippen LogP contribution is 2.23. The van der Waals surface area contributed by atoms with E-state index in [1.807, 2.05) is 6.92 Å². The second-order valence-electron chi connectivity index (χ2n) is 5.63. The monoisotopic (exact) mass is 375 g/mol. The van der Waals surface area contributed by atoms with Crippen LogP contribution in [0.4, 0.5) is 5.69 Å². The van der Waals surface area contributed by atoms with Gasteiger partial charge in [0, 0.05) is 5.69 Å². The summed E-state index contributed by atoms with van der Waals surface area (Å²) in [4.78, 5) is 27.7. The zero-order valence-electron chi connectivity index (χ0n) is 14.1. The van der Waals surface area contributed by atoms with Crippen molar-refractivity contribution in [2.45, 2.75) is 18.7 Å². The van der Waals surface area contributed by atoms with Crippen molar-refractivity contribution < 1.29 is 13.2 Å². The topological polar surface area (TPSA) is 121 Å². The van der Waals surface area contributed by atoms with Crippen LogP contribution < -0.4 is 20.6 Å². The Hall–Kier alpha value is -3.07. The normalized spacial score (nSPS) is 11.5. The number of rotatable bonds is 5. The molecule has 0 saturated carbocycles. The molecular weight excluding hydrogens is 358 g/mol. The third-order valence-electron chi connectivity index (χ3n) is 3.72. The number of sulfonamides is 1. The molecule has 1 aromatic heterocycles. The van der Waals surface area contributed by atoms with E-state index in [1.165, 1.54) is 12.1 Å². The molecule has 3 aromatic rings. The van der Waals surface area contributed by atoms with Crippen LogP contribution in [-0.4, -0.2) is 25.0 Å². The maximum absolute atomic E-state index is 12.7. The van der Waals surface area contributed by atoms with Crippen LogP contribution in [-0.2, 0) is 10.0 Å². The van der Waals surface area contributed by atoms with Gasteiger partial charge >= 0.3 is 11.1 Å². The lowest BCUT2D eigenvalue weighted by atomic mass is 10.2. The highest BCUT2D eigenvalue weighted by molar-refractivity contribution is 7.92. The average Bonchev–Trinajstić information content (AvgIpc) is 2.57. The smallest absolute Gasteiger partial charge is 0.314 e. The van der Waals surface area contributed by atoms with Crippen LogP contribution in [0.3, 0.4) is 0 Å². The summed E-state index contributed by atoms with van der Waals surface area (Å²) < 4.78 is 33.3. The molecule has 136 valence electrons. The molecule has 3 N–H and O–H groups in total. The molecule has 0 saturated heterocycles. The molecule has 8 nitrogen and oxygen atoms in total. The molecule has 9 heteroatoms.